The summed E-state index contributed by atoms with van der Waals surface area (Å²) in [7, 11) is 0. The van der Waals surface area contributed by atoms with E-state index in [4.69, 9.17) is 9.47 Å². The highest BCUT2D eigenvalue weighted by Gasteiger charge is 2.15. The van der Waals surface area contributed by atoms with E-state index < -0.39 is 11.7 Å². The predicted molar refractivity (Wildman–Crippen MR) is 104 cm³/mol. The van der Waals surface area contributed by atoms with Gasteiger partial charge in [-0.3, -0.25) is 4.98 Å². The Labute approximate surface area is 155 Å². The van der Waals surface area contributed by atoms with Gasteiger partial charge in [-0.15, -0.1) is 0 Å². The van der Waals surface area contributed by atoms with Crippen LogP contribution in [0.4, 0.5) is 4.79 Å². The lowest BCUT2D eigenvalue weighted by Crippen LogP contribution is -2.33. The largest absolute Gasteiger partial charge is 0.493 e. The zero-order valence-electron chi connectivity index (χ0n) is 15.6. The monoisotopic (exact) mass is 354 g/mol. The smallest absolute Gasteiger partial charge is 0.407 e. The standard InChI is InChI=1S/C21H26N2O3/c1-21(2,3)26-20(24)23-13-6-16-25-19-8-5-4-7-18(19)10-9-17-11-14-22-15-12-17/h4-5,7-12,14-15H,6,13,16H2,1-3H3,(H,23,24)/b10-9+. The maximum Gasteiger partial charge on any atom is 0.407 e. The molecule has 2 rings (SSSR count). The Kier molecular flexibility index (Phi) is 7.21. The average molecular weight is 354 g/mol. The lowest BCUT2D eigenvalue weighted by atomic mass is 10.1. The molecule has 1 aromatic heterocycles. The van der Waals surface area contributed by atoms with Gasteiger partial charge in [-0.2, -0.15) is 0 Å². The van der Waals surface area contributed by atoms with Crippen molar-refractivity contribution < 1.29 is 14.3 Å². The quantitative estimate of drug-likeness (QED) is 0.741. The first kappa shape index (κ1) is 19.5. The fraction of sp³-hybridized carbons (Fsp3) is 0.333. The number of alkyl carbamates (subject to hydrolysis) is 1. The van der Waals surface area contributed by atoms with Crippen LogP contribution in [0.2, 0.25) is 0 Å². The third-order valence-corrected chi connectivity index (χ3v) is 3.33. The van der Waals surface area contributed by atoms with Crippen LogP contribution in [0.3, 0.4) is 0 Å². The van der Waals surface area contributed by atoms with E-state index in [1.165, 1.54) is 0 Å². The lowest BCUT2D eigenvalue weighted by molar-refractivity contribution is 0.0525. The molecule has 0 aliphatic carbocycles. The van der Waals surface area contributed by atoms with Crippen molar-refractivity contribution in [3.63, 3.8) is 0 Å². The van der Waals surface area contributed by atoms with E-state index in [0.29, 0.717) is 19.6 Å². The summed E-state index contributed by atoms with van der Waals surface area (Å²) in [6.07, 6.45) is 7.86. The molecule has 138 valence electrons. The highest BCUT2D eigenvalue weighted by Crippen LogP contribution is 2.20. The third-order valence-electron chi connectivity index (χ3n) is 3.33. The van der Waals surface area contributed by atoms with Gasteiger partial charge < -0.3 is 14.8 Å². The first-order valence-corrected chi connectivity index (χ1v) is 8.71. The molecule has 2 aromatic rings. The number of benzene rings is 1. The van der Waals surface area contributed by atoms with Crippen LogP contribution in [0.5, 0.6) is 5.75 Å². The van der Waals surface area contributed by atoms with Crippen LogP contribution in [-0.2, 0) is 4.74 Å². The van der Waals surface area contributed by atoms with E-state index in [2.05, 4.69) is 10.3 Å². The Morgan fingerprint density at radius 1 is 1.12 bits per heavy atom. The molecule has 1 heterocycles. The SMILES string of the molecule is CC(C)(C)OC(=O)NCCCOc1ccccc1/C=C/c1ccncc1. The van der Waals surface area contributed by atoms with Crippen LogP contribution >= 0.6 is 0 Å². The van der Waals surface area contributed by atoms with E-state index in [-0.39, 0.29) is 0 Å². The van der Waals surface area contributed by atoms with Crippen molar-refractivity contribution in [3.05, 3.63) is 59.9 Å². The average Bonchev–Trinajstić information content (AvgIpc) is 2.60. The van der Waals surface area contributed by atoms with E-state index >= 15 is 0 Å². The predicted octanol–water partition coefficient (Wildman–Crippen LogP) is 4.55. The van der Waals surface area contributed by atoms with E-state index in [1.807, 2.05) is 69.3 Å². The van der Waals surface area contributed by atoms with Crippen LogP contribution in [0.1, 0.15) is 38.3 Å². The van der Waals surface area contributed by atoms with Crippen molar-refractivity contribution in [2.24, 2.45) is 0 Å². The summed E-state index contributed by atoms with van der Waals surface area (Å²) >= 11 is 0. The van der Waals surface area contributed by atoms with Gasteiger partial charge >= 0.3 is 6.09 Å². The first-order chi connectivity index (χ1) is 12.4. The van der Waals surface area contributed by atoms with E-state index in [0.717, 1.165) is 16.9 Å². The van der Waals surface area contributed by atoms with E-state index in [9.17, 15) is 4.79 Å². The molecule has 5 heteroatoms. The minimum atomic E-state index is -0.485. The second-order valence-electron chi connectivity index (χ2n) is 6.78. The number of hydrogen-bond donors (Lipinski definition) is 1. The minimum absolute atomic E-state index is 0.404. The minimum Gasteiger partial charge on any atom is -0.493 e. The number of pyridine rings is 1. The zero-order chi connectivity index (χ0) is 18.8. The van der Waals surface area contributed by atoms with Crippen LogP contribution in [-0.4, -0.2) is 29.8 Å². The number of amides is 1. The van der Waals surface area contributed by atoms with E-state index in [1.54, 1.807) is 12.4 Å². The normalized spacial score (nSPS) is 11.3. The summed E-state index contributed by atoms with van der Waals surface area (Å²) < 4.78 is 11.0. The first-order valence-electron chi connectivity index (χ1n) is 8.71. The molecule has 1 N–H and O–H groups in total. The Balaban J connectivity index is 1.80. The number of nitrogens with zero attached hydrogens (tertiary/aromatic N) is 1. The van der Waals surface area contributed by atoms with Crippen LogP contribution in [0, 0.1) is 0 Å². The molecule has 0 bridgehead atoms. The maximum absolute atomic E-state index is 11.6. The number of ether oxygens (including phenoxy) is 2. The van der Waals surface area contributed by atoms with Crippen molar-refractivity contribution in [3.8, 4) is 5.75 Å². The highest BCUT2D eigenvalue weighted by atomic mass is 16.6. The summed E-state index contributed by atoms with van der Waals surface area (Å²) in [6.45, 7) is 6.53. The Bertz CT molecular complexity index is 722. The van der Waals surface area contributed by atoms with Gasteiger partial charge in [0.25, 0.3) is 0 Å². The summed E-state index contributed by atoms with van der Waals surface area (Å²) in [5, 5.41) is 2.73. The topological polar surface area (TPSA) is 60.5 Å². The Hall–Kier alpha value is -2.82. The molecule has 1 amide bonds. The summed E-state index contributed by atoms with van der Waals surface area (Å²) in [4.78, 5) is 15.6. The van der Waals surface area contributed by atoms with Crippen molar-refractivity contribution in [2.75, 3.05) is 13.2 Å². The van der Waals surface area contributed by atoms with Crippen LogP contribution in [0.15, 0.2) is 48.8 Å². The molecule has 0 atom stereocenters. The fourth-order valence-corrected chi connectivity index (χ4v) is 2.17. The van der Waals surface area contributed by atoms with Crippen molar-refractivity contribution >= 4 is 18.2 Å². The summed E-state index contributed by atoms with van der Waals surface area (Å²) in [5.74, 6) is 0.815. The Morgan fingerprint density at radius 3 is 2.58 bits per heavy atom. The molecule has 1 aromatic carbocycles. The molecule has 0 unspecified atom stereocenters. The molecule has 0 fully saturated rings. The Morgan fingerprint density at radius 2 is 1.85 bits per heavy atom. The van der Waals surface area contributed by atoms with Gasteiger partial charge in [0.2, 0.25) is 0 Å². The number of hydrogen-bond acceptors (Lipinski definition) is 4. The van der Waals surface area contributed by atoms with Gasteiger partial charge in [0.05, 0.1) is 6.61 Å². The van der Waals surface area contributed by atoms with Crippen molar-refractivity contribution in [2.45, 2.75) is 32.8 Å². The van der Waals surface area contributed by atoms with Gasteiger partial charge in [0.1, 0.15) is 11.4 Å². The molecule has 26 heavy (non-hydrogen) atoms. The van der Waals surface area contributed by atoms with Crippen LogP contribution < -0.4 is 10.1 Å². The van der Waals surface area contributed by atoms with Crippen molar-refractivity contribution in [1.29, 1.82) is 0 Å². The number of carbonyl (C=O) groups is 1. The molecule has 0 spiro atoms. The second kappa shape index (κ2) is 9.61. The molecular formula is C21H26N2O3. The highest BCUT2D eigenvalue weighted by molar-refractivity contribution is 5.72. The van der Waals surface area contributed by atoms with Crippen LogP contribution in [0.25, 0.3) is 12.2 Å². The van der Waals surface area contributed by atoms with Gasteiger partial charge in [0.15, 0.2) is 0 Å². The number of rotatable bonds is 7. The third kappa shape index (κ3) is 7.38. The number of aromatic nitrogens is 1. The number of para-hydroxylation sites is 1. The zero-order valence-corrected chi connectivity index (χ0v) is 15.6. The number of nitrogens with one attached hydrogen (secondary N) is 1. The summed E-state index contributed by atoms with van der Waals surface area (Å²) in [5.41, 5.74) is 1.60. The van der Waals surface area contributed by atoms with Crippen molar-refractivity contribution in [1.82, 2.24) is 10.3 Å². The van der Waals surface area contributed by atoms with Gasteiger partial charge in [-0.25, -0.2) is 4.79 Å². The lowest BCUT2D eigenvalue weighted by Gasteiger charge is -2.19. The molecule has 0 saturated carbocycles. The van der Waals surface area contributed by atoms with Gasteiger partial charge in [-0.05, 0) is 51.0 Å². The molecule has 0 aliphatic heterocycles. The molecular weight excluding hydrogens is 328 g/mol. The molecule has 5 nitrogen and oxygen atoms in total. The molecule has 0 radical (unpaired) electrons. The van der Waals surface area contributed by atoms with Gasteiger partial charge in [-0.1, -0.05) is 30.4 Å². The second-order valence-corrected chi connectivity index (χ2v) is 6.78. The fourth-order valence-electron chi connectivity index (χ4n) is 2.17. The van der Waals surface area contributed by atoms with Gasteiger partial charge in [0, 0.05) is 24.5 Å². The summed E-state index contributed by atoms with van der Waals surface area (Å²) in [6, 6.07) is 11.8. The number of carbonyl (C=O) groups excluding carboxylic acids is 1. The maximum atomic E-state index is 11.6. The molecule has 0 saturated heterocycles. The molecule has 0 aliphatic rings.